The number of carbonyl (C=O) groups excluding carboxylic acids is 1. The number of nitrogens with one attached hydrogen (secondary N) is 1. The first kappa shape index (κ1) is 15.2. The van der Waals surface area contributed by atoms with E-state index in [0.29, 0.717) is 12.3 Å². The maximum atomic E-state index is 11.9. The summed E-state index contributed by atoms with van der Waals surface area (Å²) < 4.78 is 12.6. The smallest absolute Gasteiger partial charge is 0.239 e. The number of hydrogen-bond acceptors (Lipinski definition) is 3. The molecule has 0 fully saturated rings. The Morgan fingerprint density at radius 3 is 2.76 bits per heavy atom. The van der Waals surface area contributed by atoms with Gasteiger partial charge in [0.1, 0.15) is 18.0 Å². The predicted octanol–water partition coefficient (Wildman–Crippen LogP) is 2.57. The van der Waals surface area contributed by atoms with Gasteiger partial charge < -0.3 is 19.4 Å². The lowest BCUT2D eigenvalue weighted by Gasteiger charge is -2.09. The molecule has 0 atom stereocenters. The van der Waals surface area contributed by atoms with Crippen LogP contribution in [0.15, 0.2) is 24.4 Å². The maximum Gasteiger partial charge on any atom is 0.239 e. The molecule has 0 aliphatic heterocycles. The third kappa shape index (κ3) is 3.48. The van der Waals surface area contributed by atoms with Crippen LogP contribution in [0.3, 0.4) is 0 Å². The molecule has 1 amide bonds. The molecule has 0 radical (unpaired) electrons. The summed E-state index contributed by atoms with van der Waals surface area (Å²) in [5.74, 6) is 1.47. The van der Waals surface area contributed by atoms with E-state index < -0.39 is 0 Å². The van der Waals surface area contributed by atoms with Crippen LogP contribution in [0.4, 0.5) is 0 Å². The van der Waals surface area contributed by atoms with E-state index in [1.807, 2.05) is 29.0 Å². The number of unbranched alkanes of at least 4 members (excludes halogenated alkanes) is 1. The van der Waals surface area contributed by atoms with E-state index in [0.717, 1.165) is 36.0 Å². The number of rotatable bonds is 7. The van der Waals surface area contributed by atoms with Crippen molar-refractivity contribution < 1.29 is 14.3 Å². The van der Waals surface area contributed by atoms with Crippen LogP contribution < -0.4 is 14.8 Å². The number of hydrogen-bond donors (Lipinski definition) is 1. The summed E-state index contributed by atoms with van der Waals surface area (Å²) in [6, 6.07) is 5.71. The van der Waals surface area contributed by atoms with Gasteiger partial charge in [-0.3, -0.25) is 4.79 Å². The van der Waals surface area contributed by atoms with Gasteiger partial charge in [0.25, 0.3) is 0 Å². The van der Waals surface area contributed by atoms with Gasteiger partial charge in [-0.1, -0.05) is 13.3 Å². The zero-order chi connectivity index (χ0) is 15.2. The molecule has 2 aromatic rings. The highest BCUT2D eigenvalue weighted by molar-refractivity contribution is 5.89. The van der Waals surface area contributed by atoms with E-state index in [4.69, 9.17) is 9.47 Å². The van der Waals surface area contributed by atoms with Gasteiger partial charge in [0.2, 0.25) is 5.91 Å². The monoisotopic (exact) mass is 290 g/mol. The minimum absolute atomic E-state index is 0.0164. The number of methoxy groups -OCH3 is 2. The van der Waals surface area contributed by atoms with Crippen molar-refractivity contribution in [1.29, 1.82) is 0 Å². The Morgan fingerprint density at radius 2 is 2.10 bits per heavy atom. The van der Waals surface area contributed by atoms with E-state index >= 15 is 0 Å². The van der Waals surface area contributed by atoms with Crippen LogP contribution >= 0.6 is 0 Å². The number of nitrogens with zero attached hydrogens (tertiary/aromatic N) is 1. The second-order valence-electron chi connectivity index (χ2n) is 4.91. The Bertz CT molecular complexity index is 619. The zero-order valence-electron chi connectivity index (χ0n) is 12.8. The topological polar surface area (TPSA) is 52.5 Å². The normalized spacial score (nSPS) is 10.6. The summed E-state index contributed by atoms with van der Waals surface area (Å²) in [6.45, 7) is 3.12. The van der Waals surface area contributed by atoms with E-state index in [2.05, 4.69) is 12.2 Å². The van der Waals surface area contributed by atoms with Crippen LogP contribution in [-0.4, -0.2) is 31.2 Å². The molecule has 0 aliphatic rings. The average molecular weight is 290 g/mol. The number of benzene rings is 1. The van der Waals surface area contributed by atoms with Crippen LogP contribution in [-0.2, 0) is 11.3 Å². The molecule has 1 heterocycles. The van der Waals surface area contributed by atoms with Crippen molar-refractivity contribution in [2.75, 3.05) is 20.8 Å². The largest absolute Gasteiger partial charge is 0.497 e. The Kier molecular flexibility index (Phi) is 5.09. The fourth-order valence-corrected chi connectivity index (χ4v) is 2.28. The number of aromatic nitrogens is 1. The van der Waals surface area contributed by atoms with Gasteiger partial charge in [-0.15, -0.1) is 0 Å². The second-order valence-corrected chi connectivity index (χ2v) is 4.91. The van der Waals surface area contributed by atoms with Crippen molar-refractivity contribution in [3.05, 3.63) is 24.4 Å². The number of ether oxygens (including phenoxy) is 2. The Morgan fingerprint density at radius 1 is 1.29 bits per heavy atom. The lowest BCUT2D eigenvalue weighted by molar-refractivity contribution is -0.121. The molecule has 0 bridgehead atoms. The van der Waals surface area contributed by atoms with Gasteiger partial charge in [0, 0.05) is 30.3 Å². The van der Waals surface area contributed by atoms with E-state index in [1.54, 1.807) is 14.2 Å². The third-order valence-electron chi connectivity index (χ3n) is 3.45. The summed E-state index contributed by atoms with van der Waals surface area (Å²) in [7, 11) is 3.24. The summed E-state index contributed by atoms with van der Waals surface area (Å²) in [5, 5.41) is 3.89. The Labute approximate surface area is 124 Å². The molecule has 1 aromatic carbocycles. The molecule has 0 spiro atoms. The molecule has 5 nitrogen and oxygen atoms in total. The van der Waals surface area contributed by atoms with Crippen molar-refractivity contribution in [3.63, 3.8) is 0 Å². The van der Waals surface area contributed by atoms with Gasteiger partial charge >= 0.3 is 0 Å². The van der Waals surface area contributed by atoms with Gasteiger partial charge in [-0.25, -0.2) is 0 Å². The minimum atomic E-state index is 0.0164. The number of amides is 1. The van der Waals surface area contributed by atoms with Crippen molar-refractivity contribution in [3.8, 4) is 11.5 Å². The third-order valence-corrected chi connectivity index (χ3v) is 3.45. The van der Waals surface area contributed by atoms with Crippen LogP contribution in [0.25, 0.3) is 10.9 Å². The van der Waals surface area contributed by atoms with Crippen molar-refractivity contribution in [1.82, 2.24) is 9.88 Å². The first-order chi connectivity index (χ1) is 10.2. The van der Waals surface area contributed by atoms with Crippen molar-refractivity contribution in [2.45, 2.75) is 26.3 Å². The van der Waals surface area contributed by atoms with Crippen molar-refractivity contribution >= 4 is 16.8 Å². The van der Waals surface area contributed by atoms with Crippen LogP contribution in [0.1, 0.15) is 19.8 Å². The fraction of sp³-hybridized carbons (Fsp3) is 0.438. The minimum Gasteiger partial charge on any atom is -0.497 e. The first-order valence-corrected chi connectivity index (χ1v) is 7.17. The highest BCUT2D eigenvalue weighted by Gasteiger charge is 2.11. The lowest BCUT2D eigenvalue weighted by atomic mass is 10.2. The molecule has 0 saturated heterocycles. The van der Waals surface area contributed by atoms with Crippen LogP contribution in [0, 0.1) is 0 Å². The molecule has 1 aromatic heterocycles. The molecule has 114 valence electrons. The molecule has 0 aliphatic carbocycles. The van der Waals surface area contributed by atoms with Gasteiger partial charge in [-0.05, 0) is 12.5 Å². The first-order valence-electron chi connectivity index (χ1n) is 7.17. The summed E-state index contributed by atoms with van der Waals surface area (Å²) in [6.07, 6.45) is 3.97. The molecule has 0 unspecified atom stereocenters. The SMILES string of the molecule is CCCCNC(=O)Cn1ccc2c(OC)cc(OC)cc21. The molecular weight excluding hydrogens is 268 g/mol. The predicted molar refractivity (Wildman–Crippen MR) is 83.0 cm³/mol. The van der Waals surface area contributed by atoms with E-state index in [-0.39, 0.29) is 5.91 Å². The van der Waals surface area contributed by atoms with E-state index in [1.165, 1.54) is 0 Å². The highest BCUT2D eigenvalue weighted by Crippen LogP contribution is 2.31. The molecule has 0 saturated carbocycles. The van der Waals surface area contributed by atoms with E-state index in [9.17, 15) is 4.79 Å². The number of fused-ring (bicyclic) bond motifs is 1. The Balaban J connectivity index is 2.22. The molecule has 21 heavy (non-hydrogen) atoms. The summed E-state index contributed by atoms with van der Waals surface area (Å²) in [5.41, 5.74) is 0.928. The average Bonchev–Trinajstić information content (AvgIpc) is 2.89. The zero-order valence-corrected chi connectivity index (χ0v) is 12.8. The number of carbonyl (C=O) groups is 1. The molecule has 1 N–H and O–H groups in total. The second kappa shape index (κ2) is 7.02. The van der Waals surface area contributed by atoms with Crippen LogP contribution in [0.2, 0.25) is 0 Å². The highest BCUT2D eigenvalue weighted by atomic mass is 16.5. The Hall–Kier alpha value is -2.17. The van der Waals surface area contributed by atoms with Crippen LogP contribution in [0.5, 0.6) is 11.5 Å². The van der Waals surface area contributed by atoms with Crippen molar-refractivity contribution in [2.24, 2.45) is 0 Å². The van der Waals surface area contributed by atoms with Gasteiger partial charge in [-0.2, -0.15) is 0 Å². The maximum absolute atomic E-state index is 11.9. The summed E-state index contributed by atoms with van der Waals surface area (Å²) in [4.78, 5) is 11.9. The standard InChI is InChI=1S/C16H22N2O3/c1-4-5-7-17-16(19)11-18-8-6-13-14(18)9-12(20-2)10-15(13)21-3/h6,8-10H,4-5,7,11H2,1-3H3,(H,17,19). The quantitative estimate of drug-likeness (QED) is 0.797. The van der Waals surface area contributed by atoms with Gasteiger partial charge in [0.15, 0.2) is 0 Å². The molecule has 2 rings (SSSR count). The molecular formula is C16H22N2O3. The fourth-order valence-electron chi connectivity index (χ4n) is 2.28. The molecule has 5 heteroatoms. The van der Waals surface area contributed by atoms with Gasteiger partial charge in [0.05, 0.1) is 19.7 Å². The lowest BCUT2D eigenvalue weighted by Crippen LogP contribution is -2.28. The summed E-state index contributed by atoms with van der Waals surface area (Å²) >= 11 is 0.